The Bertz CT molecular complexity index is 772. The van der Waals surface area contributed by atoms with Crippen LogP contribution < -0.4 is 15.4 Å². The normalized spacial score (nSPS) is 11.6. The van der Waals surface area contributed by atoms with Crippen molar-refractivity contribution in [2.75, 3.05) is 47.4 Å². The Labute approximate surface area is 172 Å². The predicted octanol–water partition coefficient (Wildman–Crippen LogP) is 2.65. The third kappa shape index (κ3) is 8.45. The summed E-state index contributed by atoms with van der Waals surface area (Å²) in [5.41, 5.74) is 0.844. The number of benzene rings is 1. The van der Waals surface area contributed by atoms with Gasteiger partial charge in [0.1, 0.15) is 11.6 Å². The second-order valence-electron chi connectivity index (χ2n) is 6.53. The van der Waals surface area contributed by atoms with Gasteiger partial charge in [-0.25, -0.2) is 9.37 Å². The fourth-order valence-electron chi connectivity index (χ4n) is 2.65. The number of halogens is 1. The van der Waals surface area contributed by atoms with Crippen LogP contribution in [0.1, 0.15) is 12.0 Å². The van der Waals surface area contributed by atoms with Gasteiger partial charge in [-0.05, 0) is 31.7 Å². The van der Waals surface area contributed by atoms with E-state index in [0.717, 1.165) is 38.2 Å². The topological polar surface area (TPSA) is 71.0 Å². The Balaban J connectivity index is 1.83. The highest BCUT2D eigenvalue weighted by Gasteiger charge is 2.08. The number of ether oxygens (including phenoxy) is 2. The molecule has 7 nitrogen and oxygen atoms in total. The van der Waals surface area contributed by atoms with Crippen molar-refractivity contribution in [2.24, 2.45) is 4.99 Å². The van der Waals surface area contributed by atoms with E-state index in [9.17, 15) is 4.39 Å². The number of nitrogens with zero attached hydrogens (tertiary/aromatic N) is 3. The average molecular weight is 404 g/mol. The third-order valence-electron chi connectivity index (χ3n) is 4.20. The van der Waals surface area contributed by atoms with Crippen molar-refractivity contribution < 1.29 is 13.9 Å². The molecule has 0 atom stereocenters. The molecule has 0 aliphatic rings. The van der Waals surface area contributed by atoms with E-state index in [2.05, 4.69) is 32.6 Å². The molecule has 8 heteroatoms. The number of rotatable bonds is 11. The number of hydrogen-bond acceptors (Lipinski definition) is 5. The number of aliphatic imine (C=N–C) groups is 1. The van der Waals surface area contributed by atoms with Crippen LogP contribution in [0.15, 0.2) is 47.6 Å². The number of guanidine groups is 1. The van der Waals surface area contributed by atoms with Gasteiger partial charge in [0.25, 0.3) is 0 Å². The molecule has 1 aromatic carbocycles. The molecule has 2 rings (SSSR count). The summed E-state index contributed by atoms with van der Waals surface area (Å²) in [6.45, 7) is 3.89. The second kappa shape index (κ2) is 12.7. The van der Waals surface area contributed by atoms with Gasteiger partial charge in [-0.3, -0.25) is 4.99 Å². The van der Waals surface area contributed by atoms with Crippen molar-refractivity contribution in [2.45, 2.75) is 13.0 Å². The zero-order valence-corrected chi connectivity index (χ0v) is 17.3. The van der Waals surface area contributed by atoms with Gasteiger partial charge >= 0.3 is 0 Å². The molecule has 0 amide bonds. The van der Waals surface area contributed by atoms with Crippen LogP contribution in [0.25, 0.3) is 0 Å². The first-order valence-electron chi connectivity index (χ1n) is 9.61. The molecule has 29 heavy (non-hydrogen) atoms. The summed E-state index contributed by atoms with van der Waals surface area (Å²) in [7, 11) is 5.53. The third-order valence-corrected chi connectivity index (χ3v) is 4.20. The Morgan fingerprint density at radius 3 is 2.83 bits per heavy atom. The lowest BCUT2D eigenvalue weighted by atomic mass is 10.2. The standard InChI is InChI=1S/C21H30FN5O2/c1-23-21(25-11-13-27(2)12-6-14-28-3)26-16-17-7-5-10-24-20(17)29-19-9-4-8-18(22)15-19/h4-5,7-10,15H,6,11-14,16H2,1-3H3,(H2,23,25,26). The molecule has 0 bridgehead atoms. The molecule has 0 fully saturated rings. The molecule has 0 spiro atoms. The number of pyridine rings is 1. The van der Waals surface area contributed by atoms with Gasteiger partial charge < -0.3 is 25.0 Å². The molecule has 1 heterocycles. The van der Waals surface area contributed by atoms with Crippen LogP contribution in [0, 0.1) is 5.82 Å². The Morgan fingerprint density at radius 1 is 1.21 bits per heavy atom. The van der Waals surface area contributed by atoms with E-state index in [0.29, 0.717) is 24.1 Å². The fourth-order valence-corrected chi connectivity index (χ4v) is 2.65. The van der Waals surface area contributed by atoms with Gasteiger partial charge in [-0.15, -0.1) is 0 Å². The van der Waals surface area contributed by atoms with E-state index in [-0.39, 0.29) is 5.82 Å². The van der Waals surface area contributed by atoms with Gasteiger partial charge in [0.15, 0.2) is 5.96 Å². The molecule has 0 unspecified atom stereocenters. The first-order valence-corrected chi connectivity index (χ1v) is 9.61. The van der Waals surface area contributed by atoms with Crippen molar-refractivity contribution in [3.05, 3.63) is 54.0 Å². The maximum Gasteiger partial charge on any atom is 0.224 e. The van der Waals surface area contributed by atoms with E-state index in [4.69, 9.17) is 9.47 Å². The van der Waals surface area contributed by atoms with E-state index in [1.165, 1.54) is 12.1 Å². The van der Waals surface area contributed by atoms with E-state index in [1.54, 1.807) is 32.5 Å². The van der Waals surface area contributed by atoms with Crippen molar-refractivity contribution >= 4 is 5.96 Å². The minimum atomic E-state index is -0.352. The summed E-state index contributed by atoms with van der Waals surface area (Å²) in [5, 5.41) is 6.55. The smallest absolute Gasteiger partial charge is 0.224 e. The maximum atomic E-state index is 13.4. The van der Waals surface area contributed by atoms with Gasteiger partial charge in [-0.2, -0.15) is 0 Å². The zero-order valence-electron chi connectivity index (χ0n) is 17.3. The SMILES string of the molecule is CN=C(NCCN(C)CCCOC)NCc1cccnc1Oc1cccc(F)c1. The van der Waals surface area contributed by atoms with E-state index in [1.807, 2.05) is 12.1 Å². The van der Waals surface area contributed by atoms with Crippen LogP contribution in [0.3, 0.4) is 0 Å². The van der Waals surface area contributed by atoms with Crippen LogP contribution in [-0.2, 0) is 11.3 Å². The highest BCUT2D eigenvalue weighted by Crippen LogP contribution is 2.23. The summed E-state index contributed by atoms with van der Waals surface area (Å²) in [5.74, 6) is 1.17. The van der Waals surface area contributed by atoms with Gasteiger partial charge in [0.05, 0.1) is 0 Å². The molecular weight excluding hydrogens is 373 g/mol. The maximum absolute atomic E-state index is 13.4. The molecule has 0 aliphatic carbocycles. The number of nitrogens with one attached hydrogen (secondary N) is 2. The van der Waals surface area contributed by atoms with Crippen LogP contribution in [0.5, 0.6) is 11.6 Å². The molecule has 2 aromatic rings. The number of aromatic nitrogens is 1. The van der Waals surface area contributed by atoms with Crippen LogP contribution in [0.4, 0.5) is 4.39 Å². The Kier molecular flexibility index (Phi) is 9.88. The van der Waals surface area contributed by atoms with E-state index >= 15 is 0 Å². The minimum Gasteiger partial charge on any atom is -0.439 e. The van der Waals surface area contributed by atoms with Crippen LogP contribution >= 0.6 is 0 Å². The molecule has 2 N–H and O–H groups in total. The fraction of sp³-hybridized carbons (Fsp3) is 0.429. The first kappa shape index (κ1) is 22.6. The van der Waals surface area contributed by atoms with Crippen molar-refractivity contribution in [3.63, 3.8) is 0 Å². The molecule has 0 saturated carbocycles. The Morgan fingerprint density at radius 2 is 2.07 bits per heavy atom. The minimum absolute atomic E-state index is 0.352. The molecule has 0 saturated heterocycles. The lowest BCUT2D eigenvalue weighted by Gasteiger charge is -2.18. The number of hydrogen-bond donors (Lipinski definition) is 2. The first-order chi connectivity index (χ1) is 14.1. The lowest BCUT2D eigenvalue weighted by molar-refractivity contribution is 0.180. The average Bonchev–Trinajstić information content (AvgIpc) is 2.72. The van der Waals surface area contributed by atoms with Crippen molar-refractivity contribution in [1.29, 1.82) is 0 Å². The summed E-state index contributed by atoms with van der Waals surface area (Å²) < 4.78 is 24.2. The largest absolute Gasteiger partial charge is 0.439 e. The highest BCUT2D eigenvalue weighted by atomic mass is 19.1. The molecular formula is C21H30FN5O2. The molecule has 158 valence electrons. The summed E-state index contributed by atoms with van der Waals surface area (Å²) in [6.07, 6.45) is 2.65. The Hall–Kier alpha value is -2.71. The zero-order chi connectivity index (χ0) is 20.9. The van der Waals surface area contributed by atoms with Crippen LogP contribution in [0.2, 0.25) is 0 Å². The monoisotopic (exact) mass is 403 g/mol. The van der Waals surface area contributed by atoms with Gasteiger partial charge in [0, 0.05) is 64.8 Å². The van der Waals surface area contributed by atoms with E-state index < -0.39 is 0 Å². The van der Waals surface area contributed by atoms with Gasteiger partial charge in [-0.1, -0.05) is 12.1 Å². The second-order valence-corrected chi connectivity index (χ2v) is 6.53. The van der Waals surface area contributed by atoms with Crippen molar-refractivity contribution in [3.8, 4) is 11.6 Å². The highest BCUT2D eigenvalue weighted by molar-refractivity contribution is 5.79. The lowest BCUT2D eigenvalue weighted by Crippen LogP contribution is -2.40. The molecule has 0 radical (unpaired) electrons. The number of methoxy groups -OCH3 is 1. The van der Waals surface area contributed by atoms with Gasteiger partial charge in [0.2, 0.25) is 5.88 Å². The van der Waals surface area contributed by atoms with Crippen LogP contribution in [-0.4, -0.2) is 63.3 Å². The van der Waals surface area contributed by atoms with Crippen molar-refractivity contribution in [1.82, 2.24) is 20.5 Å². The number of likely N-dealkylation sites (N-methyl/N-ethyl adjacent to an activating group) is 1. The summed E-state index contributed by atoms with van der Waals surface area (Å²) in [6, 6.07) is 9.74. The quantitative estimate of drug-likeness (QED) is 0.342. The summed E-state index contributed by atoms with van der Waals surface area (Å²) >= 11 is 0. The molecule has 1 aromatic heterocycles. The summed E-state index contributed by atoms with van der Waals surface area (Å²) in [4.78, 5) is 10.8. The molecule has 0 aliphatic heterocycles. The predicted molar refractivity (Wildman–Crippen MR) is 113 cm³/mol.